The van der Waals surface area contributed by atoms with Crippen molar-refractivity contribution in [3.8, 4) is 0 Å². The van der Waals surface area contributed by atoms with Crippen molar-refractivity contribution in [1.29, 1.82) is 0 Å². The maximum absolute atomic E-state index is 12.5. The van der Waals surface area contributed by atoms with Gasteiger partial charge < -0.3 is 26.5 Å². The van der Waals surface area contributed by atoms with Crippen LogP contribution in [-0.4, -0.2) is 51.9 Å². The van der Waals surface area contributed by atoms with E-state index in [1.54, 1.807) is 78.1 Å². The van der Waals surface area contributed by atoms with E-state index in [0.717, 1.165) is 28.9 Å². The van der Waals surface area contributed by atoms with Gasteiger partial charge in [-0.25, -0.2) is 4.98 Å². The Hall–Kier alpha value is -5.29. The standard InChI is InChI=1S/C16H16N2O3.C14H14N4O2/c17-10-12-5-4-8-14(9-12)18(11-15(19)20)16(21)13-6-2-1-3-7-13;15-14(20)10-2-1-9-3-4-18(12(9)5-10)13(19)6-11-7-16-8-17-11/h1-9H,10-11,17H2,(H,19,20);1-2,5,7-8H,3-4,6H2,(H2,15,20)(H,16,17). The van der Waals surface area contributed by atoms with Gasteiger partial charge in [0, 0.05) is 47.5 Å². The van der Waals surface area contributed by atoms with Crippen molar-refractivity contribution in [2.45, 2.75) is 19.4 Å². The Morgan fingerprint density at radius 1 is 0.976 bits per heavy atom. The van der Waals surface area contributed by atoms with Gasteiger partial charge in [0.05, 0.1) is 12.7 Å². The van der Waals surface area contributed by atoms with Crippen LogP contribution in [0.25, 0.3) is 0 Å². The summed E-state index contributed by atoms with van der Waals surface area (Å²) in [6.07, 6.45) is 4.24. The maximum atomic E-state index is 12.5. The van der Waals surface area contributed by atoms with E-state index in [4.69, 9.17) is 16.6 Å². The van der Waals surface area contributed by atoms with Gasteiger partial charge in [0.2, 0.25) is 11.8 Å². The highest BCUT2D eigenvalue weighted by molar-refractivity contribution is 6.08. The molecule has 3 aromatic carbocycles. The molecular weight excluding hydrogens is 524 g/mol. The summed E-state index contributed by atoms with van der Waals surface area (Å²) in [7, 11) is 0. The van der Waals surface area contributed by atoms with E-state index in [2.05, 4.69) is 9.97 Å². The van der Waals surface area contributed by atoms with E-state index < -0.39 is 18.4 Å². The molecule has 0 saturated heterocycles. The number of benzene rings is 3. The maximum Gasteiger partial charge on any atom is 0.323 e. The van der Waals surface area contributed by atoms with Crippen LogP contribution in [0.15, 0.2) is 85.3 Å². The third kappa shape index (κ3) is 7.22. The lowest BCUT2D eigenvalue weighted by atomic mass is 10.1. The summed E-state index contributed by atoms with van der Waals surface area (Å²) in [5.74, 6) is -1.93. The minimum atomic E-state index is -1.07. The molecule has 1 aromatic heterocycles. The van der Waals surface area contributed by atoms with Gasteiger partial charge in [0.15, 0.2) is 0 Å². The van der Waals surface area contributed by atoms with Gasteiger partial charge in [-0.1, -0.05) is 36.4 Å². The summed E-state index contributed by atoms with van der Waals surface area (Å²) in [5, 5.41) is 9.05. The number of aromatic amines is 1. The number of carbonyl (C=O) groups excluding carboxylic acids is 3. The second-order valence-corrected chi connectivity index (χ2v) is 9.28. The lowest BCUT2D eigenvalue weighted by Gasteiger charge is -2.21. The Kier molecular flexibility index (Phi) is 9.23. The number of hydrogen-bond acceptors (Lipinski definition) is 6. The molecule has 1 aliphatic rings. The third-order valence-electron chi connectivity index (χ3n) is 6.48. The van der Waals surface area contributed by atoms with Crippen LogP contribution in [0.4, 0.5) is 11.4 Å². The molecular formula is C30H30N6O5. The molecule has 11 heteroatoms. The van der Waals surface area contributed by atoms with E-state index in [1.165, 1.54) is 4.90 Å². The van der Waals surface area contributed by atoms with Crippen LogP contribution in [0.3, 0.4) is 0 Å². The lowest BCUT2D eigenvalue weighted by molar-refractivity contribution is -0.135. The third-order valence-corrected chi connectivity index (χ3v) is 6.48. The summed E-state index contributed by atoms with van der Waals surface area (Å²) in [6, 6.07) is 20.8. The van der Waals surface area contributed by atoms with Crippen molar-refractivity contribution in [2.24, 2.45) is 11.5 Å². The summed E-state index contributed by atoms with van der Waals surface area (Å²) >= 11 is 0. The Balaban J connectivity index is 0.000000189. The molecule has 2 heterocycles. The number of imidazole rings is 1. The molecule has 4 aromatic rings. The van der Waals surface area contributed by atoms with E-state index in [-0.39, 0.29) is 18.2 Å². The number of H-pyrrole nitrogens is 1. The average molecular weight is 555 g/mol. The zero-order valence-corrected chi connectivity index (χ0v) is 22.2. The fourth-order valence-corrected chi connectivity index (χ4v) is 4.43. The predicted molar refractivity (Wildman–Crippen MR) is 153 cm³/mol. The van der Waals surface area contributed by atoms with Crippen LogP contribution in [0.2, 0.25) is 0 Å². The number of hydrogen-bond donors (Lipinski definition) is 4. The Bertz CT molecular complexity index is 1540. The van der Waals surface area contributed by atoms with Crippen molar-refractivity contribution in [3.63, 3.8) is 0 Å². The molecule has 11 nitrogen and oxygen atoms in total. The SMILES string of the molecule is NC(=O)c1ccc2c(c1)N(C(=O)Cc1cnc[nH]1)CC2.NCc1cccc(N(CC(=O)O)C(=O)c2ccccc2)c1. The zero-order chi connectivity index (χ0) is 29.4. The van der Waals surface area contributed by atoms with Gasteiger partial charge in [-0.2, -0.15) is 0 Å². The van der Waals surface area contributed by atoms with E-state index in [0.29, 0.717) is 29.9 Å². The second kappa shape index (κ2) is 13.2. The zero-order valence-electron chi connectivity index (χ0n) is 22.2. The topological polar surface area (TPSA) is 176 Å². The smallest absolute Gasteiger partial charge is 0.323 e. The van der Waals surface area contributed by atoms with Crippen LogP contribution in [0.1, 0.15) is 37.5 Å². The molecule has 210 valence electrons. The van der Waals surface area contributed by atoms with Crippen LogP contribution in [0.5, 0.6) is 0 Å². The number of nitrogens with two attached hydrogens (primary N) is 2. The van der Waals surface area contributed by atoms with Gasteiger partial charge in [-0.05, 0) is 53.9 Å². The number of carbonyl (C=O) groups is 4. The van der Waals surface area contributed by atoms with Crippen molar-refractivity contribution >= 4 is 35.1 Å². The Morgan fingerprint density at radius 3 is 2.41 bits per heavy atom. The van der Waals surface area contributed by atoms with Crippen LogP contribution < -0.4 is 21.3 Å². The number of rotatable bonds is 8. The molecule has 0 fully saturated rings. The molecule has 0 spiro atoms. The largest absolute Gasteiger partial charge is 0.480 e. The Labute approximate surface area is 236 Å². The van der Waals surface area contributed by atoms with Crippen LogP contribution in [-0.2, 0) is 29.0 Å². The molecule has 0 unspecified atom stereocenters. The molecule has 3 amide bonds. The number of nitrogens with zero attached hydrogens (tertiary/aromatic N) is 3. The number of fused-ring (bicyclic) bond motifs is 1. The molecule has 0 saturated carbocycles. The number of nitrogens with one attached hydrogen (secondary N) is 1. The molecule has 1 aliphatic heterocycles. The van der Waals surface area contributed by atoms with E-state index in [1.807, 2.05) is 12.1 Å². The molecule has 0 atom stereocenters. The minimum Gasteiger partial charge on any atom is -0.480 e. The second-order valence-electron chi connectivity index (χ2n) is 9.28. The first-order valence-electron chi connectivity index (χ1n) is 12.8. The molecule has 0 radical (unpaired) electrons. The molecule has 5 rings (SSSR count). The van der Waals surface area contributed by atoms with E-state index in [9.17, 15) is 19.2 Å². The highest BCUT2D eigenvalue weighted by Gasteiger charge is 2.25. The van der Waals surface area contributed by atoms with Crippen LogP contribution in [0, 0.1) is 0 Å². The molecule has 41 heavy (non-hydrogen) atoms. The van der Waals surface area contributed by atoms with Crippen molar-refractivity contribution in [2.75, 3.05) is 22.9 Å². The van der Waals surface area contributed by atoms with Gasteiger partial charge in [0.25, 0.3) is 5.91 Å². The normalized spacial score (nSPS) is 11.7. The first-order valence-corrected chi connectivity index (χ1v) is 12.8. The molecule has 0 bridgehead atoms. The number of carboxylic acids is 1. The predicted octanol–water partition coefficient (Wildman–Crippen LogP) is 2.52. The number of aromatic nitrogens is 2. The summed E-state index contributed by atoms with van der Waals surface area (Å²) in [5.41, 5.74) is 15.7. The highest BCUT2D eigenvalue weighted by Crippen LogP contribution is 2.29. The highest BCUT2D eigenvalue weighted by atomic mass is 16.4. The van der Waals surface area contributed by atoms with Crippen LogP contribution >= 0.6 is 0 Å². The van der Waals surface area contributed by atoms with Gasteiger partial charge >= 0.3 is 5.97 Å². The number of amides is 3. The summed E-state index contributed by atoms with van der Waals surface area (Å²) in [4.78, 5) is 56.9. The number of carboxylic acid groups (broad SMARTS) is 1. The van der Waals surface area contributed by atoms with Gasteiger partial charge in [0.1, 0.15) is 6.54 Å². The molecule has 6 N–H and O–H groups in total. The number of primary amides is 1. The first kappa shape index (κ1) is 28.7. The lowest BCUT2D eigenvalue weighted by Crippen LogP contribution is -2.35. The molecule has 0 aliphatic carbocycles. The Morgan fingerprint density at radius 2 is 1.76 bits per heavy atom. The van der Waals surface area contributed by atoms with Gasteiger partial charge in [-0.3, -0.25) is 24.1 Å². The van der Waals surface area contributed by atoms with Crippen molar-refractivity contribution < 1.29 is 24.3 Å². The summed E-state index contributed by atoms with van der Waals surface area (Å²) < 4.78 is 0. The van der Waals surface area contributed by atoms with Crippen molar-refractivity contribution in [3.05, 3.63) is 113 Å². The minimum absolute atomic E-state index is 0.0189. The quantitative estimate of drug-likeness (QED) is 0.259. The monoisotopic (exact) mass is 554 g/mol. The fraction of sp³-hybridized carbons (Fsp3) is 0.167. The van der Waals surface area contributed by atoms with Crippen molar-refractivity contribution in [1.82, 2.24) is 9.97 Å². The van der Waals surface area contributed by atoms with E-state index >= 15 is 0 Å². The van der Waals surface area contributed by atoms with Gasteiger partial charge in [-0.15, -0.1) is 0 Å². The number of aliphatic carboxylic acids is 1. The average Bonchev–Trinajstić information content (AvgIpc) is 3.66. The number of anilines is 2. The summed E-state index contributed by atoms with van der Waals surface area (Å²) in [6.45, 7) is 0.556. The first-order chi connectivity index (χ1) is 19.8. The fourth-order valence-electron chi connectivity index (χ4n) is 4.43.